The molecule has 1 fully saturated rings. The summed E-state index contributed by atoms with van der Waals surface area (Å²) in [5, 5.41) is 4.77. The van der Waals surface area contributed by atoms with Crippen LogP contribution in [0.15, 0.2) is 70.3 Å². The van der Waals surface area contributed by atoms with Gasteiger partial charge in [-0.25, -0.2) is 13.4 Å². The van der Waals surface area contributed by atoms with E-state index in [-0.39, 0.29) is 4.90 Å². The fourth-order valence-electron chi connectivity index (χ4n) is 3.76. The van der Waals surface area contributed by atoms with Crippen LogP contribution in [0, 0.1) is 0 Å². The molecule has 8 nitrogen and oxygen atoms in total. The van der Waals surface area contributed by atoms with Gasteiger partial charge in [0.25, 0.3) is 0 Å². The summed E-state index contributed by atoms with van der Waals surface area (Å²) in [4.78, 5) is 9.58. The largest absolute Gasteiger partial charge is 0.359 e. The van der Waals surface area contributed by atoms with Crippen molar-refractivity contribution >= 4 is 21.1 Å². The number of hydrogen-bond acceptors (Lipinski definition) is 6. The van der Waals surface area contributed by atoms with Gasteiger partial charge in [0, 0.05) is 55.6 Å². The highest BCUT2D eigenvalue weighted by molar-refractivity contribution is 7.89. The molecule has 1 aliphatic heterocycles. The van der Waals surface area contributed by atoms with Crippen molar-refractivity contribution < 1.29 is 12.9 Å². The summed E-state index contributed by atoms with van der Waals surface area (Å²) >= 11 is 0. The van der Waals surface area contributed by atoms with E-state index in [1.54, 1.807) is 18.3 Å². The number of fused-ring (bicyclic) bond motifs is 1. The van der Waals surface area contributed by atoms with Crippen molar-refractivity contribution in [2.45, 2.75) is 11.4 Å². The Morgan fingerprint density at radius 3 is 2.63 bits per heavy atom. The van der Waals surface area contributed by atoms with Crippen LogP contribution in [0.1, 0.15) is 5.76 Å². The molecule has 4 heterocycles. The van der Waals surface area contributed by atoms with Gasteiger partial charge in [0.05, 0.1) is 6.54 Å². The Morgan fingerprint density at radius 2 is 1.83 bits per heavy atom. The predicted octanol–water partition coefficient (Wildman–Crippen LogP) is 2.72. The zero-order valence-electron chi connectivity index (χ0n) is 16.2. The molecule has 0 bridgehead atoms. The Balaban J connectivity index is 1.25. The average Bonchev–Trinajstić information content (AvgIpc) is 3.42. The van der Waals surface area contributed by atoms with Crippen molar-refractivity contribution in [1.29, 1.82) is 0 Å². The maximum Gasteiger partial charge on any atom is 0.245 e. The van der Waals surface area contributed by atoms with Crippen molar-refractivity contribution in [2.24, 2.45) is 0 Å². The molecule has 3 aromatic heterocycles. The van der Waals surface area contributed by atoms with Crippen molar-refractivity contribution in [1.82, 2.24) is 24.3 Å². The average molecular weight is 423 g/mol. The molecule has 1 saturated heterocycles. The van der Waals surface area contributed by atoms with Crippen molar-refractivity contribution in [2.75, 3.05) is 26.2 Å². The van der Waals surface area contributed by atoms with Gasteiger partial charge in [-0.1, -0.05) is 35.5 Å². The van der Waals surface area contributed by atoms with Crippen LogP contribution in [-0.2, 0) is 16.6 Å². The molecule has 0 atom stereocenters. The molecule has 0 spiro atoms. The summed E-state index contributed by atoms with van der Waals surface area (Å²) < 4.78 is 33.3. The van der Waals surface area contributed by atoms with Crippen LogP contribution in [0.5, 0.6) is 0 Å². The molecule has 1 N–H and O–H groups in total. The first-order chi connectivity index (χ1) is 14.6. The second-order valence-corrected chi connectivity index (χ2v) is 9.18. The first-order valence-corrected chi connectivity index (χ1v) is 11.2. The van der Waals surface area contributed by atoms with Gasteiger partial charge in [-0.15, -0.1) is 0 Å². The van der Waals surface area contributed by atoms with Crippen molar-refractivity contribution in [3.05, 3.63) is 66.7 Å². The standard InChI is InChI=1S/C21H21N5O3S/c27-30(28,20-14-23-21-18(20)7-4-8-22-21)26-11-9-25(10-12-26)15-17-13-19(24-29-17)16-5-2-1-3-6-16/h1-8,13-14H,9-12,15H2,(H,22,23). The number of hydrogen-bond donors (Lipinski definition) is 1. The van der Waals surface area contributed by atoms with E-state index in [9.17, 15) is 8.42 Å². The second kappa shape index (κ2) is 7.67. The lowest BCUT2D eigenvalue weighted by Gasteiger charge is -2.33. The lowest BCUT2D eigenvalue weighted by Crippen LogP contribution is -2.48. The zero-order chi connectivity index (χ0) is 20.6. The fourth-order valence-corrected chi connectivity index (χ4v) is 5.34. The summed E-state index contributed by atoms with van der Waals surface area (Å²) in [7, 11) is -3.57. The molecule has 1 aliphatic rings. The van der Waals surface area contributed by atoms with E-state index in [2.05, 4.69) is 20.0 Å². The van der Waals surface area contributed by atoms with Gasteiger partial charge >= 0.3 is 0 Å². The van der Waals surface area contributed by atoms with Crippen LogP contribution in [0.3, 0.4) is 0 Å². The number of piperazine rings is 1. The number of nitrogens with one attached hydrogen (secondary N) is 1. The highest BCUT2D eigenvalue weighted by Gasteiger charge is 2.31. The van der Waals surface area contributed by atoms with E-state index in [1.807, 2.05) is 36.4 Å². The van der Waals surface area contributed by atoms with Gasteiger partial charge < -0.3 is 9.51 Å². The molecule has 9 heteroatoms. The van der Waals surface area contributed by atoms with Crippen LogP contribution in [0.25, 0.3) is 22.3 Å². The number of H-pyrrole nitrogens is 1. The highest BCUT2D eigenvalue weighted by Crippen LogP contribution is 2.26. The Hall–Kier alpha value is -3.01. The van der Waals surface area contributed by atoms with Gasteiger partial charge in [0.1, 0.15) is 16.2 Å². The second-order valence-electron chi connectivity index (χ2n) is 7.28. The third kappa shape index (κ3) is 3.51. The van der Waals surface area contributed by atoms with Crippen LogP contribution in [0.4, 0.5) is 0 Å². The van der Waals surface area contributed by atoms with Crippen molar-refractivity contribution in [3.8, 4) is 11.3 Å². The highest BCUT2D eigenvalue weighted by atomic mass is 32.2. The minimum absolute atomic E-state index is 0.279. The number of pyridine rings is 1. The Bertz CT molecular complexity index is 1260. The van der Waals surface area contributed by atoms with Crippen LogP contribution in [-0.4, -0.2) is 58.9 Å². The third-order valence-corrected chi connectivity index (χ3v) is 7.31. The van der Waals surface area contributed by atoms with E-state index < -0.39 is 10.0 Å². The van der Waals surface area contributed by atoms with Gasteiger partial charge in [-0.2, -0.15) is 4.31 Å². The summed E-state index contributed by atoms with van der Waals surface area (Å²) in [5.74, 6) is 0.771. The normalized spacial score (nSPS) is 16.3. The van der Waals surface area contributed by atoms with Crippen LogP contribution in [0.2, 0.25) is 0 Å². The molecule has 0 aliphatic carbocycles. The Kier molecular flexibility index (Phi) is 4.86. The van der Waals surface area contributed by atoms with Crippen molar-refractivity contribution in [3.63, 3.8) is 0 Å². The Morgan fingerprint density at radius 1 is 1.03 bits per heavy atom. The maximum absolute atomic E-state index is 13.1. The summed E-state index contributed by atoms with van der Waals surface area (Å²) in [5.41, 5.74) is 2.39. The van der Waals surface area contributed by atoms with E-state index in [1.165, 1.54) is 10.5 Å². The maximum atomic E-state index is 13.1. The fraction of sp³-hybridized carbons (Fsp3) is 0.238. The molecule has 5 rings (SSSR count). The van der Waals surface area contributed by atoms with Gasteiger partial charge in [-0.05, 0) is 12.1 Å². The Labute approximate surface area is 174 Å². The molecule has 30 heavy (non-hydrogen) atoms. The molecule has 1 aromatic carbocycles. The zero-order valence-corrected chi connectivity index (χ0v) is 17.0. The minimum atomic E-state index is -3.57. The topological polar surface area (TPSA) is 95.3 Å². The van der Waals surface area contributed by atoms with E-state index >= 15 is 0 Å². The molecular formula is C21H21N5O3S. The van der Waals surface area contributed by atoms with Gasteiger partial charge in [-0.3, -0.25) is 4.90 Å². The molecule has 0 saturated carbocycles. The summed E-state index contributed by atoms with van der Waals surface area (Å²) in [6.07, 6.45) is 3.17. The first kappa shape index (κ1) is 19.0. The van der Waals surface area contributed by atoms with E-state index in [0.717, 1.165) is 17.0 Å². The number of aromatic nitrogens is 3. The SMILES string of the molecule is O=S(=O)(c1c[nH]c2ncccc12)N1CCN(Cc2cc(-c3ccccc3)no2)CC1. The van der Waals surface area contributed by atoms with Gasteiger partial charge in [0.2, 0.25) is 10.0 Å². The minimum Gasteiger partial charge on any atom is -0.359 e. The number of aromatic amines is 1. The number of rotatable bonds is 5. The smallest absolute Gasteiger partial charge is 0.245 e. The monoisotopic (exact) mass is 423 g/mol. The molecule has 0 unspecified atom stereocenters. The lowest BCUT2D eigenvalue weighted by molar-refractivity contribution is 0.166. The summed E-state index contributed by atoms with van der Waals surface area (Å²) in [6.45, 7) is 2.71. The van der Waals surface area contributed by atoms with E-state index in [4.69, 9.17) is 4.52 Å². The number of benzene rings is 1. The molecule has 4 aromatic rings. The molecule has 0 radical (unpaired) electrons. The lowest BCUT2D eigenvalue weighted by atomic mass is 10.1. The molecular weight excluding hydrogens is 402 g/mol. The van der Waals surface area contributed by atoms with E-state index in [0.29, 0.717) is 43.8 Å². The van der Waals surface area contributed by atoms with Crippen LogP contribution >= 0.6 is 0 Å². The first-order valence-electron chi connectivity index (χ1n) is 9.77. The summed E-state index contributed by atoms with van der Waals surface area (Å²) in [6, 6.07) is 15.3. The number of nitrogens with zero attached hydrogens (tertiary/aromatic N) is 4. The molecule has 0 amide bonds. The third-order valence-electron chi connectivity index (χ3n) is 5.37. The van der Waals surface area contributed by atoms with Crippen LogP contribution < -0.4 is 0 Å². The number of sulfonamides is 1. The predicted molar refractivity (Wildman–Crippen MR) is 112 cm³/mol. The van der Waals surface area contributed by atoms with Gasteiger partial charge in [0.15, 0.2) is 5.76 Å². The quantitative estimate of drug-likeness (QED) is 0.530. The molecule has 154 valence electrons.